The zero-order valence-corrected chi connectivity index (χ0v) is 17.0. The van der Waals surface area contributed by atoms with E-state index in [1.54, 1.807) is 0 Å². The van der Waals surface area contributed by atoms with Crippen molar-refractivity contribution in [1.29, 1.82) is 0 Å². The van der Waals surface area contributed by atoms with Crippen molar-refractivity contribution in [3.63, 3.8) is 0 Å². The number of likely N-dealkylation sites (tertiary alicyclic amines) is 1. The smallest absolute Gasteiger partial charge is 0.399 e. The van der Waals surface area contributed by atoms with E-state index in [-0.39, 0.29) is 24.4 Å². The summed E-state index contributed by atoms with van der Waals surface area (Å²) in [7, 11) is 1.71. The topological polar surface area (TPSA) is 59.8 Å². The zero-order chi connectivity index (χ0) is 19.4. The number of β-amino-alcohol motifs (C(OH)–C–C–N with tert-alkyl or cyclic N) is 1. The second-order valence-electron chi connectivity index (χ2n) is 8.92. The summed E-state index contributed by atoms with van der Waals surface area (Å²) in [6.07, 6.45) is 1.58. The van der Waals surface area contributed by atoms with Crippen molar-refractivity contribution in [1.82, 2.24) is 14.5 Å². The van der Waals surface area contributed by atoms with Crippen LogP contribution in [0.15, 0.2) is 18.2 Å². The van der Waals surface area contributed by atoms with Gasteiger partial charge in [0.25, 0.3) is 0 Å². The molecule has 2 aliphatic rings. The zero-order valence-electron chi connectivity index (χ0n) is 17.0. The van der Waals surface area contributed by atoms with Crippen molar-refractivity contribution >= 4 is 23.6 Å². The van der Waals surface area contributed by atoms with E-state index >= 15 is 0 Å². The van der Waals surface area contributed by atoms with Crippen LogP contribution in [-0.2, 0) is 22.8 Å². The lowest BCUT2D eigenvalue weighted by Gasteiger charge is -2.32. The minimum atomic E-state index is -0.358. The third kappa shape index (κ3) is 3.42. The van der Waals surface area contributed by atoms with Gasteiger partial charge >= 0.3 is 7.12 Å². The van der Waals surface area contributed by atoms with Crippen molar-refractivity contribution in [3.05, 3.63) is 24.0 Å². The van der Waals surface area contributed by atoms with Gasteiger partial charge in [0.15, 0.2) is 0 Å². The molecular weight excluding hydrogens is 341 g/mol. The molecule has 3 heterocycles. The summed E-state index contributed by atoms with van der Waals surface area (Å²) in [5.41, 5.74) is 2.43. The van der Waals surface area contributed by atoms with E-state index in [0.717, 1.165) is 54.8 Å². The van der Waals surface area contributed by atoms with E-state index < -0.39 is 0 Å². The fraction of sp³-hybridized carbons (Fsp3) is 0.650. The van der Waals surface area contributed by atoms with Gasteiger partial charge < -0.3 is 23.9 Å². The Bertz CT molecular complexity index is 832. The van der Waals surface area contributed by atoms with Crippen LogP contribution >= 0.6 is 0 Å². The van der Waals surface area contributed by atoms with Crippen molar-refractivity contribution in [2.75, 3.05) is 19.6 Å². The Labute approximate surface area is 161 Å². The van der Waals surface area contributed by atoms with Crippen molar-refractivity contribution in [2.24, 2.45) is 7.05 Å². The molecule has 0 aliphatic carbocycles. The van der Waals surface area contributed by atoms with Gasteiger partial charge in [-0.2, -0.15) is 0 Å². The molecule has 2 aliphatic heterocycles. The van der Waals surface area contributed by atoms with E-state index in [2.05, 4.69) is 62.4 Å². The molecule has 0 radical (unpaired) electrons. The molecule has 0 bridgehead atoms. The number of rotatable bonds is 4. The molecule has 2 saturated heterocycles. The molecule has 2 fully saturated rings. The average molecular weight is 371 g/mol. The molecule has 2 aromatic rings. The Morgan fingerprint density at radius 1 is 1.22 bits per heavy atom. The maximum absolute atomic E-state index is 9.69. The minimum absolute atomic E-state index is 0.173. The summed E-state index contributed by atoms with van der Waals surface area (Å²) in [5, 5.41) is 9.69. The van der Waals surface area contributed by atoms with Crippen molar-refractivity contribution < 1.29 is 14.4 Å². The van der Waals surface area contributed by atoms with Crippen LogP contribution in [0.5, 0.6) is 0 Å². The molecular formula is C20H30BN3O3. The Kier molecular flexibility index (Phi) is 4.62. The molecule has 0 amide bonds. The first-order chi connectivity index (χ1) is 12.7. The highest BCUT2D eigenvalue weighted by Crippen LogP contribution is 2.36. The first kappa shape index (κ1) is 18.9. The van der Waals surface area contributed by atoms with Gasteiger partial charge in [-0.15, -0.1) is 0 Å². The lowest BCUT2D eigenvalue weighted by Crippen LogP contribution is -2.41. The molecule has 1 aromatic carbocycles. The van der Waals surface area contributed by atoms with E-state index in [1.165, 1.54) is 0 Å². The molecule has 6 nitrogen and oxygen atoms in total. The van der Waals surface area contributed by atoms with E-state index in [0.29, 0.717) is 0 Å². The van der Waals surface area contributed by atoms with Gasteiger partial charge in [0.05, 0.1) is 28.3 Å². The van der Waals surface area contributed by atoms with Crippen LogP contribution in [0.4, 0.5) is 0 Å². The lowest BCUT2D eigenvalue weighted by molar-refractivity contribution is 0.00578. The van der Waals surface area contributed by atoms with Gasteiger partial charge in [-0.25, -0.2) is 4.98 Å². The Hall–Kier alpha value is -1.41. The number of aromatic nitrogens is 2. The molecule has 0 spiro atoms. The molecule has 1 aromatic heterocycles. The SMILES string of the molecule is Cn1c(CCN2CCC(O)C2)nc2ccc(B3OC(C)(C)C(C)(C)O3)cc21. The molecule has 1 atom stereocenters. The van der Waals surface area contributed by atoms with Crippen LogP contribution in [0.2, 0.25) is 0 Å². The first-order valence-corrected chi connectivity index (χ1v) is 9.87. The first-order valence-electron chi connectivity index (χ1n) is 9.87. The molecule has 146 valence electrons. The number of hydrogen-bond donors (Lipinski definition) is 1. The fourth-order valence-electron chi connectivity index (χ4n) is 3.88. The summed E-state index contributed by atoms with van der Waals surface area (Å²) < 4.78 is 14.5. The number of hydrogen-bond acceptors (Lipinski definition) is 5. The van der Waals surface area contributed by atoms with Crippen LogP contribution in [0.25, 0.3) is 11.0 Å². The lowest BCUT2D eigenvalue weighted by atomic mass is 9.79. The van der Waals surface area contributed by atoms with E-state index in [1.807, 2.05) is 0 Å². The second kappa shape index (κ2) is 6.59. The quantitative estimate of drug-likeness (QED) is 0.826. The predicted molar refractivity (Wildman–Crippen MR) is 107 cm³/mol. The number of imidazole rings is 1. The maximum atomic E-state index is 9.69. The molecule has 7 heteroatoms. The summed E-state index contributed by atoms with van der Waals surface area (Å²) in [6, 6.07) is 6.24. The molecule has 1 unspecified atom stereocenters. The maximum Gasteiger partial charge on any atom is 0.494 e. The number of aryl methyl sites for hydroxylation is 1. The molecule has 27 heavy (non-hydrogen) atoms. The monoisotopic (exact) mass is 371 g/mol. The highest BCUT2D eigenvalue weighted by molar-refractivity contribution is 6.62. The number of aliphatic hydroxyl groups is 1. The summed E-state index contributed by atoms with van der Waals surface area (Å²) in [5.74, 6) is 1.07. The minimum Gasteiger partial charge on any atom is -0.399 e. The summed E-state index contributed by atoms with van der Waals surface area (Å²) >= 11 is 0. The van der Waals surface area contributed by atoms with E-state index in [4.69, 9.17) is 14.3 Å². The summed E-state index contributed by atoms with van der Waals surface area (Å²) in [6.45, 7) is 11.0. The highest BCUT2D eigenvalue weighted by Gasteiger charge is 2.51. The van der Waals surface area contributed by atoms with Gasteiger partial charge in [0, 0.05) is 33.1 Å². The van der Waals surface area contributed by atoms with Gasteiger partial charge in [0.2, 0.25) is 0 Å². The van der Waals surface area contributed by atoms with Crippen LogP contribution in [0.3, 0.4) is 0 Å². The van der Waals surface area contributed by atoms with Crippen molar-refractivity contribution in [2.45, 2.75) is 57.8 Å². The summed E-state index contributed by atoms with van der Waals surface area (Å²) in [4.78, 5) is 7.11. The van der Waals surface area contributed by atoms with Crippen LogP contribution in [0.1, 0.15) is 39.9 Å². The van der Waals surface area contributed by atoms with Crippen molar-refractivity contribution in [3.8, 4) is 0 Å². The van der Waals surface area contributed by atoms with Gasteiger partial charge in [-0.05, 0) is 51.7 Å². The molecule has 1 N–H and O–H groups in total. The fourth-order valence-corrected chi connectivity index (χ4v) is 3.88. The Balaban J connectivity index is 1.54. The van der Waals surface area contributed by atoms with Crippen LogP contribution in [-0.4, -0.2) is 63.6 Å². The molecule has 0 saturated carbocycles. The van der Waals surface area contributed by atoms with Gasteiger partial charge in [-0.1, -0.05) is 6.07 Å². The van der Waals surface area contributed by atoms with Crippen LogP contribution < -0.4 is 5.46 Å². The highest BCUT2D eigenvalue weighted by atomic mass is 16.7. The number of fused-ring (bicyclic) bond motifs is 1. The van der Waals surface area contributed by atoms with Crippen LogP contribution in [0, 0.1) is 0 Å². The third-order valence-corrected chi connectivity index (χ3v) is 6.42. The predicted octanol–water partition coefficient (Wildman–Crippen LogP) is 1.48. The Morgan fingerprint density at radius 2 is 1.93 bits per heavy atom. The largest absolute Gasteiger partial charge is 0.494 e. The Morgan fingerprint density at radius 3 is 2.56 bits per heavy atom. The third-order valence-electron chi connectivity index (χ3n) is 6.42. The molecule has 4 rings (SSSR count). The second-order valence-corrected chi connectivity index (χ2v) is 8.92. The standard InChI is InChI=1S/C20H30BN3O3/c1-19(2)20(3,4)27-21(26-19)14-6-7-16-17(12-14)23(5)18(22-16)9-11-24-10-8-15(25)13-24/h6-7,12,15,25H,8-11,13H2,1-5H3. The number of nitrogens with zero attached hydrogens (tertiary/aromatic N) is 3. The number of aliphatic hydroxyl groups excluding tert-OH is 1. The normalized spacial score (nSPS) is 25.0. The average Bonchev–Trinajstić information content (AvgIpc) is 3.21. The van der Waals surface area contributed by atoms with Gasteiger partial charge in [0.1, 0.15) is 5.82 Å². The van der Waals surface area contributed by atoms with Gasteiger partial charge in [-0.3, -0.25) is 0 Å². The van der Waals surface area contributed by atoms with E-state index in [9.17, 15) is 5.11 Å². The number of benzene rings is 1.